The van der Waals surface area contributed by atoms with E-state index in [9.17, 15) is 19.2 Å². The monoisotopic (exact) mass is 641 g/mol. The predicted octanol–water partition coefficient (Wildman–Crippen LogP) is 4.83. The number of hydrogen-bond donors (Lipinski definition) is 3. The zero-order valence-corrected chi connectivity index (χ0v) is 27.1. The van der Waals surface area contributed by atoms with Crippen LogP contribution in [0.15, 0.2) is 76.7 Å². The number of unbranched alkanes of at least 4 members (excludes halogenated alkanes) is 2. The number of likely N-dealkylation sites (N-methyl/N-ethyl adjacent to an activating group) is 1. The van der Waals surface area contributed by atoms with Gasteiger partial charge in [0.15, 0.2) is 0 Å². The second-order valence-corrected chi connectivity index (χ2v) is 11.5. The molecule has 2 aromatic carbocycles. The van der Waals surface area contributed by atoms with Gasteiger partial charge in [-0.05, 0) is 74.4 Å². The molecule has 0 radical (unpaired) electrons. The van der Waals surface area contributed by atoms with Gasteiger partial charge in [0, 0.05) is 55.0 Å². The summed E-state index contributed by atoms with van der Waals surface area (Å²) in [4.78, 5) is 57.9. The first-order chi connectivity index (χ1) is 22.3. The minimum Gasteiger partial charge on any atom is -0.359 e. The summed E-state index contributed by atoms with van der Waals surface area (Å²) in [5.41, 5.74) is 2.44. The van der Waals surface area contributed by atoms with E-state index in [1.165, 1.54) is 21.3 Å². The van der Waals surface area contributed by atoms with Gasteiger partial charge in [0.05, 0.1) is 22.5 Å². The highest BCUT2D eigenvalue weighted by Gasteiger charge is 2.22. The van der Waals surface area contributed by atoms with Crippen molar-refractivity contribution >= 4 is 58.6 Å². The fourth-order valence-electron chi connectivity index (χ4n) is 4.71. The van der Waals surface area contributed by atoms with Gasteiger partial charge in [0.1, 0.15) is 6.54 Å². The second-order valence-electron chi connectivity index (χ2n) is 10.4. The van der Waals surface area contributed by atoms with Crippen LogP contribution in [0, 0.1) is 0 Å². The number of amides is 4. The first kappa shape index (κ1) is 33.9. The Labute approximate surface area is 272 Å². The number of benzene rings is 2. The number of nitrogens with zero attached hydrogens (tertiary/aromatic N) is 4. The van der Waals surface area contributed by atoms with Crippen molar-refractivity contribution in [1.29, 1.82) is 0 Å². The molecular formula is C34H39N7O4S. The Kier molecular flexibility index (Phi) is 12.5. The molecule has 0 aliphatic carbocycles. The predicted molar refractivity (Wildman–Crippen MR) is 180 cm³/mol. The van der Waals surface area contributed by atoms with E-state index < -0.39 is 6.03 Å². The van der Waals surface area contributed by atoms with Crippen LogP contribution in [-0.4, -0.2) is 77.1 Å². The number of carbonyl (C=O) groups is 4. The van der Waals surface area contributed by atoms with Gasteiger partial charge in [-0.15, -0.1) is 0 Å². The van der Waals surface area contributed by atoms with Crippen molar-refractivity contribution in [3.05, 3.63) is 83.8 Å². The summed E-state index contributed by atoms with van der Waals surface area (Å²) in [5.74, 6) is -0.454. The first-order valence-corrected chi connectivity index (χ1v) is 16.0. The van der Waals surface area contributed by atoms with Gasteiger partial charge in [0.25, 0.3) is 5.91 Å². The number of carbonyl (C=O) groups excluding carboxylic acids is 4. The summed E-state index contributed by atoms with van der Waals surface area (Å²) < 4.78 is 1.33. The highest BCUT2D eigenvalue weighted by molar-refractivity contribution is 7.99. The van der Waals surface area contributed by atoms with Gasteiger partial charge >= 0.3 is 6.03 Å². The first-order valence-electron chi connectivity index (χ1n) is 15.2. The van der Waals surface area contributed by atoms with Crippen molar-refractivity contribution in [2.75, 3.05) is 33.7 Å². The fourth-order valence-corrected chi connectivity index (χ4v) is 5.69. The molecule has 4 rings (SSSR count). The van der Waals surface area contributed by atoms with Gasteiger partial charge in [0.2, 0.25) is 11.8 Å². The fraction of sp³-hybridized carbons (Fsp3) is 0.294. The number of pyridine rings is 1. The molecule has 0 aliphatic rings. The summed E-state index contributed by atoms with van der Waals surface area (Å²) in [7, 11) is 3.21. The van der Waals surface area contributed by atoms with Crippen LogP contribution in [0.4, 0.5) is 4.79 Å². The highest BCUT2D eigenvalue weighted by atomic mass is 32.2. The van der Waals surface area contributed by atoms with Crippen LogP contribution in [0.25, 0.3) is 23.1 Å². The SMILES string of the molecule is CCN(CC(=O)NCCCCCC(=O)NC)C(=O)n1nc(/C=C/c2ccccn2)c2ccc(Sc3ccccc3C(=O)NC)cc21. The lowest BCUT2D eigenvalue weighted by Gasteiger charge is -2.20. The maximum atomic E-state index is 13.9. The van der Waals surface area contributed by atoms with Crippen LogP contribution < -0.4 is 16.0 Å². The number of fused-ring (bicyclic) bond motifs is 1. The molecule has 0 saturated heterocycles. The quantitative estimate of drug-likeness (QED) is 0.168. The molecule has 2 heterocycles. The largest absolute Gasteiger partial charge is 0.359 e. The van der Waals surface area contributed by atoms with Gasteiger partial charge in [-0.3, -0.25) is 19.4 Å². The number of hydrogen-bond acceptors (Lipinski definition) is 7. The second kappa shape index (κ2) is 16.9. The zero-order chi connectivity index (χ0) is 32.9. The van der Waals surface area contributed by atoms with E-state index >= 15 is 0 Å². The van der Waals surface area contributed by atoms with Crippen LogP contribution in [0.1, 0.15) is 54.4 Å². The molecule has 0 unspecified atom stereocenters. The average molecular weight is 642 g/mol. The van der Waals surface area contributed by atoms with Crippen molar-refractivity contribution in [3.63, 3.8) is 0 Å². The van der Waals surface area contributed by atoms with Crippen LogP contribution in [0.3, 0.4) is 0 Å². The molecule has 46 heavy (non-hydrogen) atoms. The van der Waals surface area contributed by atoms with E-state index in [1.807, 2.05) is 73.7 Å². The van der Waals surface area contributed by atoms with E-state index in [4.69, 9.17) is 0 Å². The van der Waals surface area contributed by atoms with E-state index in [2.05, 4.69) is 26.0 Å². The summed E-state index contributed by atoms with van der Waals surface area (Å²) in [6.45, 7) is 2.45. The van der Waals surface area contributed by atoms with E-state index in [1.54, 1.807) is 26.4 Å². The molecule has 240 valence electrons. The summed E-state index contributed by atoms with van der Waals surface area (Å²) in [6, 6.07) is 18.2. The van der Waals surface area contributed by atoms with Gasteiger partial charge < -0.3 is 20.9 Å². The Hall–Kier alpha value is -4.97. The lowest BCUT2D eigenvalue weighted by Crippen LogP contribution is -2.43. The lowest BCUT2D eigenvalue weighted by molar-refractivity contribution is -0.122. The maximum absolute atomic E-state index is 13.9. The molecule has 0 saturated carbocycles. The Morgan fingerprint density at radius 2 is 1.72 bits per heavy atom. The topological polar surface area (TPSA) is 138 Å². The van der Waals surface area contributed by atoms with Gasteiger partial charge in [-0.2, -0.15) is 9.78 Å². The molecule has 0 fully saturated rings. The molecule has 3 N–H and O–H groups in total. The third-order valence-electron chi connectivity index (χ3n) is 7.22. The smallest absolute Gasteiger partial charge is 0.345 e. The van der Waals surface area contributed by atoms with Crippen LogP contribution in [-0.2, 0) is 9.59 Å². The highest BCUT2D eigenvalue weighted by Crippen LogP contribution is 2.33. The average Bonchev–Trinajstić information content (AvgIpc) is 3.45. The lowest BCUT2D eigenvalue weighted by atomic mass is 10.2. The Bertz CT molecular complexity index is 1700. The molecule has 0 aliphatic heterocycles. The molecule has 11 nitrogen and oxygen atoms in total. The Balaban J connectivity index is 1.57. The molecule has 12 heteroatoms. The minimum absolute atomic E-state index is 0.00193. The molecule has 4 aromatic rings. The third-order valence-corrected chi connectivity index (χ3v) is 8.28. The summed E-state index contributed by atoms with van der Waals surface area (Å²) in [6.07, 6.45) is 8.10. The standard InChI is InChI=1S/C34H39N7O4S/c1-4-40(23-32(43)38-21-10-5-6-15-31(42)35-2)34(45)41-29-22-25(46-30-14-8-7-13-27(30)33(44)36-3)17-18-26(29)28(39-41)19-16-24-12-9-11-20-37-24/h7-9,11-14,16-20,22H,4-6,10,15,21,23H2,1-3H3,(H,35,42)(H,36,44)(H,38,43)/b19-16+. The van der Waals surface area contributed by atoms with Crippen molar-refractivity contribution in [2.24, 2.45) is 0 Å². The molecule has 0 bridgehead atoms. The zero-order valence-electron chi connectivity index (χ0n) is 26.3. The summed E-state index contributed by atoms with van der Waals surface area (Å²) >= 11 is 1.41. The van der Waals surface area contributed by atoms with Crippen molar-refractivity contribution in [2.45, 2.75) is 42.4 Å². The molecule has 4 amide bonds. The Morgan fingerprint density at radius 1 is 0.913 bits per heavy atom. The normalized spacial score (nSPS) is 11.0. The van der Waals surface area contributed by atoms with E-state index in [0.29, 0.717) is 36.3 Å². The number of rotatable bonds is 14. The molecule has 0 spiro atoms. The van der Waals surface area contributed by atoms with Crippen LogP contribution in [0.5, 0.6) is 0 Å². The molecule has 0 atom stereocenters. The Morgan fingerprint density at radius 3 is 2.46 bits per heavy atom. The third kappa shape index (κ3) is 9.04. The van der Waals surface area contributed by atoms with Gasteiger partial charge in [-0.25, -0.2) is 4.79 Å². The number of aromatic nitrogens is 3. The molecular weight excluding hydrogens is 602 g/mol. The van der Waals surface area contributed by atoms with Crippen molar-refractivity contribution in [1.82, 2.24) is 35.6 Å². The minimum atomic E-state index is -0.432. The van der Waals surface area contributed by atoms with Crippen molar-refractivity contribution < 1.29 is 19.2 Å². The summed E-state index contributed by atoms with van der Waals surface area (Å²) in [5, 5.41) is 13.6. The van der Waals surface area contributed by atoms with Gasteiger partial charge in [-0.1, -0.05) is 36.4 Å². The van der Waals surface area contributed by atoms with Crippen molar-refractivity contribution in [3.8, 4) is 0 Å². The molecule has 2 aromatic heterocycles. The van der Waals surface area contributed by atoms with Crippen LogP contribution in [0.2, 0.25) is 0 Å². The van der Waals surface area contributed by atoms with E-state index in [-0.39, 0.29) is 24.3 Å². The number of nitrogens with one attached hydrogen (secondary N) is 3. The van der Waals surface area contributed by atoms with E-state index in [0.717, 1.165) is 40.1 Å². The maximum Gasteiger partial charge on any atom is 0.345 e. The van der Waals surface area contributed by atoms with Crippen LogP contribution >= 0.6 is 11.8 Å².